The minimum atomic E-state index is -4.17. The van der Waals surface area contributed by atoms with Gasteiger partial charge in [-0.1, -0.05) is 30.4 Å². The molecule has 29 heavy (non-hydrogen) atoms. The van der Waals surface area contributed by atoms with Gasteiger partial charge in [-0.05, 0) is 12.1 Å². The molecule has 11 heteroatoms. The first-order chi connectivity index (χ1) is 13.8. The number of nitrogens with zero attached hydrogens (tertiary/aromatic N) is 3. The zero-order chi connectivity index (χ0) is 21.1. The Labute approximate surface area is 167 Å². The molecule has 1 amide bonds. The van der Waals surface area contributed by atoms with Crippen LogP contribution in [-0.2, 0) is 20.2 Å². The number of carbonyl (C=O) groups excluding carboxylic acids is 1. The van der Waals surface area contributed by atoms with Gasteiger partial charge < -0.3 is 9.47 Å². The summed E-state index contributed by atoms with van der Waals surface area (Å²) in [6.45, 7) is 0. The van der Waals surface area contributed by atoms with Crippen LogP contribution in [0, 0.1) is 0 Å². The molecule has 2 atom stereocenters. The molecular formula is C18H19N5O5S. The molecule has 152 valence electrons. The van der Waals surface area contributed by atoms with E-state index in [9.17, 15) is 13.2 Å². The number of methoxy groups -OCH3 is 2. The van der Waals surface area contributed by atoms with Gasteiger partial charge in [0.1, 0.15) is 10.7 Å². The number of hydrogen-bond acceptors (Lipinski definition) is 8. The minimum absolute atomic E-state index is 0.127. The number of nitrogens with two attached hydrogens (primary N) is 1. The van der Waals surface area contributed by atoms with Crippen molar-refractivity contribution >= 4 is 21.9 Å². The largest absolute Gasteiger partial charge is 0.481 e. The van der Waals surface area contributed by atoms with Crippen LogP contribution in [0.4, 0.5) is 5.95 Å². The number of allylic oxidation sites excluding steroid dienone is 2. The molecule has 2 aromatic heterocycles. The second kappa shape index (κ2) is 7.97. The Morgan fingerprint density at radius 3 is 2.41 bits per heavy atom. The zero-order valence-corrected chi connectivity index (χ0v) is 16.5. The van der Waals surface area contributed by atoms with Crippen molar-refractivity contribution in [1.82, 2.24) is 15.0 Å². The Morgan fingerprint density at radius 2 is 1.86 bits per heavy atom. The number of aromatic nitrogens is 3. The molecule has 0 spiro atoms. The van der Waals surface area contributed by atoms with Crippen molar-refractivity contribution in [2.45, 2.75) is 10.7 Å². The summed E-state index contributed by atoms with van der Waals surface area (Å²) >= 11 is 0. The molecule has 2 unspecified atom stereocenters. The highest BCUT2D eigenvalue weighted by Crippen LogP contribution is 2.36. The number of sulfonamides is 1. The second-order valence-electron chi connectivity index (χ2n) is 6.07. The molecule has 0 aromatic carbocycles. The van der Waals surface area contributed by atoms with Crippen LogP contribution in [-0.4, -0.2) is 48.7 Å². The normalized spacial score (nSPS) is 20.9. The lowest BCUT2D eigenvalue weighted by Crippen LogP contribution is -2.53. The average Bonchev–Trinajstić information content (AvgIpc) is 2.73. The second-order valence-corrected chi connectivity index (χ2v) is 7.75. The molecule has 0 aliphatic heterocycles. The highest BCUT2D eigenvalue weighted by molar-refractivity contribution is 7.90. The first-order valence-corrected chi connectivity index (χ1v) is 10.00. The van der Waals surface area contributed by atoms with E-state index in [1.807, 2.05) is 0 Å². The predicted molar refractivity (Wildman–Crippen MR) is 105 cm³/mol. The standard InChI is InChI=1S/C18H19N5O5S/c1-27-14-11-15(28-2)22-17(21-14)23-16(24)18(12-7-4-6-10-20-12)9-5-3-8-13(18)29(19,25)26/h3-11,13H,1-2H3,(H2,19,25,26)(H,21,22,23,24). The fraction of sp³-hybridized carbons (Fsp3) is 0.222. The lowest BCUT2D eigenvalue weighted by atomic mass is 9.76. The number of primary sulfonamides is 1. The number of carbonyl (C=O) groups is 1. The lowest BCUT2D eigenvalue weighted by Gasteiger charge is -2.34. The van der Waals surface area contributed by atoms with Crippen molar-refractivity contribution in [1.29, 1.82) is 0 Å². The van der Waals surface area contributed by atoms with Gasteiger partial charge >= 0.3 is 0 Å². The van der Waals surface area contributed by atoms with Crippen molar-refractivity contribution in [2.24, 2.45) is 5.14 Å². The number of amides is 1. The van der Waals surface area contributed by atoms with Gasteiger partial charge in [0.15, 0.2) is 0 Å². The van der Waals surface area contributed by atoms with E-state index in [2.05, 4.69) is 20.3 Å². The summed E-state index contributed by atoms with van der Waals surface area (Å²) in [4.78, 5) is 25.8. The monoisotopic (exact) mass is 417 g/mol. The molecule has 1 aliphatic rings. The summed E-state index contributed by atoms with van der Waals surface area (Å²) in [5, 5.41) is 6.60. The smallest absolute Gasteiger partial charge is 0.244 e. The summed E-state index contributed by atoms with van der Waals surface area (Å²) in [6, 6.07) is 6.28. The molecule has 0 bridgehead atoms. The summed E-state index contributed by atoms with van der Waals surface area (Å²) in [6.07, 6.45) is 7.31. The molecular weight excluding hydrogens is 398 g/mol. The van der Waals surface area contributed by atoms with Crippen LogP contribution in [0.2, 0.25) is 0 Å². The molecule has 3 N–H and O–H groups in total. The van der Waals surface area contributed by atoms with E-state index < -0.39 is 26.6 Å². The van der Waals surface area contributed by atoms with Crippen molar-refractivity contribution < 1.29 is 22.7 Å². The van der Waals surface area contributed by atoms with Crippen LogP contribution in [0.3, 0.4) is 0 Å². The molecule has 3 rings (SSSR count). The minimum Gasteiger partial charge on any atom is -0.481 e. The lowest BCUT2D eigenvalue weighted by molar-refractivity contribution is -0.120. The predicted octanol–water partition coefficient (Wildman–Crippen LogP) is 0.548. The van der Waals surface area contributed by atoms with Crippen LogP contribution in [0.15, 0.2) is 54.8 Å². The Kier molecular flexibility index (Phi) is 5.62. The summed E-state index contributed by atoms with van der Waals surface area (Å²) in [5.74, 6) is -0.550. The maximum Gasteiger partial charge on any atom is 0.244 e. The van der Waals surface area contributed by atoms with Crippen LogP contribution in [0.1, 0.15) is 5.69 Å². The molecule has 2 aromatic rings. The van der Waals surface area contributed by atoms with Crippen molar-refractivity contribution in [3.05, 3.63) is 60.5 Å². The summed E-state index contributed by atoms with van der Waals surface area (Å²) in [7, 11) is -1.38. The third kappa shape index (κ3) is 3.96. The quantitative estimate of drug-likeness (QED) is 0.693. The highest BCUT2D eigenvalue weighted by Gasteiger charge is 2.51. The van der Waals surface area contributed by atoms with Crippen molar-refractivity contribution in [3.63, 3.8) is 0 Å². The maximum atomic E-state index is 13.4. The SMILES string of the molecule is COc1cc(OC)nc(NC(=O)C2(c3ccccn3)C=CC=CC2S(N)(=O)=O)n1. The van der Waals surface area contributed by atoms with E-state index in [1.54, 1.807) is 24.3 Å². The Balaban J connectivity index is 2.12. The van der Waals surface area contributed by atoms with Gasteiger partial charge in [0, 0.05) is 6.20 Å². The molecule has 1 aliphatic carbocycles. The Bertz CT molecular complexity index is 1050. The Hall–Kier alpha value is -3.31. The van der Waals surface area contributed by atoms with Crippen LogP contribution < -0.4 is 19.9 Å². The van der Waals surface area contributed by atoms with Gasteiger partial charge in [-0.2, -0.15) is 9.97 Å². The third-order valence-electron chi connectivity index (χ3n) is 4.35. The fourth-order valence-electron chi connectivity index (χ4n) is 3.02. The number of rotatable bonds is 6. The molecule has 0 radical (unpaired) electrons. The van der Waals surface area contributed by atoms with Crippen LogP contribution >= 0.6 is 0 Å². The molecule has 2 heterocycles. The van der Waals surface area contributed by atoms with E-state index in [0.29, 0.717) is 0 Å². The van der Waals surface area contributed by atoms with Crippen molar-refractivity contribution in [3.8, 4) is 11.8 Å². The fourth-order valence-corrected chi connectivity index (χ4v) is 4.16. The number of nitrogens with one attached hydrogen (secondary N) is 1. The van der Waals surface area contributed by atoms with Gasteiger partial charge in [0.2, 0.25) is 33.6 Å². The molecule has 0 saturated heterocycles. The van der Waals surface area contributed by atoms with E-state index in [4.69, 9.17) is 14.6 Å². The van der Waals surface area contributed by atoms with Crippen LogP contribution in [0.5, 0.6) is 11.8 Å². The van der Waals surface area contributed by atoms with Gasteiger partial charge in [0.25, 0.3) is 0 Å². The van der Waals surface area contributed by atoms with Crippen molar-refractivity contribution in [2.75, 3.05) is 19.5 Å². The third-order valence-corrected chi connectivity index (χ3v) is 5.58. The average molecular weight is 417 g/mol. The number of ether oxygens (including phenoxy) is 2. The number of hydrogen-bond donors (Lipinski definition) is 2. The highest BCUT2D eigenvalue weighted by atomic mass is 32.2. The number of anilines is 1. The van der Waals surface area contributed by atoms with Gasteiger partial charge in [-0.3, -0.25) is 15.1 Å². The van der Waals surface area contributed by atoms with Gasteiger partial charge in [-0.25, -0.2) is 13.6 Å². The summed E-state index contributed by atoms with van der Waals surface area (Å²) < 4.78 is 34.8. The Morgan fingerprint density at radius 1 is 1.17 bits per heavy atom. The van der Waals surface area contributed by atoms with Gasteiger partial charge in [-0.15, -0.1) is 0 Å². The van der Waals surface area contributed by atoms with E-state index >= 15 is 0 Å². The topological polar surface area (TPSA) is 146 Å². The molecule has 0 fully saturated rings. The van der Waals surface area contributed by atoms with Crippen LogP contribution in [0.25, 0.3) is 0 Å². The first kappa shape index (κ1) is 20.4. The number of pyridine rings is 1. The summed E-state index contributed by atoms with van der Waals surface area (Å²) in [5.41, 5.74) is -1.53. The first-order valence-electron chi connectivity index (χ1n) is 8.39. The zero-order valence-electron chi connectivity index (χ0n) is 15.6. The molecule has 10 nitrogen and oxygen atoms in total. The maximum absolute atomic E-state index is 13.4. The molecule has 0 saturated carbocycles. The van der Waals surface area contributed by atoms with Gasteiger partial charge in [0.05, 0.1) is 26.0 Å². The van der Waals surface area contributed by atoms with E-state index in [-0.39, 0.29) is 23.4 Å². The van der Waals surface area contributed by atoms with E-state index in [1.165, 1.54) is 44.7 Å². The van der Waals surface area contributed by atoms with E-state index in [0.717, 1.165) is 0 Å².